The molecule has 3 heteroatoms. The third-order valence-electron chi connectivity index (χ3n) is 4.03. The van der Waals surface area contributed by atoms with E-state index in [0.717, 1.165) is 44.3 Å². The van der Waals surface area contributed by atoms with E-state index in [4.69, 9.17) is 0 Å². The zero-order valence-electron chi connectivity index (χ0n) is 13.2. The summed E-state index contributed by atoms with van der Waals surface area (Å²) in [6, 6.07) is 2.15. The standard InChI is InChI=1S/C17H28N2O/c1-4-5-9-19-16-8-6-7-14(16)10-15(17(19)20)12-18-11-13(2)3/h10,13,18H,4-9,11-12H2,1-3H3. The second-order valence-corrected chi connectivity index (χ2v) is 6.33. The van der Waals surface area contributed by atoms with E-state index in [-0.39, 0.29) is 5.56 Å². The minimum atomic E-state index is 0.232. The Labute approximate surface area is 122 Å². The highest BCUT2D eigenvalue weighted by molar-refractivity contribution is 5.30. The van der Waals surface area contributed by atoms with Gasteiger partial charge < -0.3 is 9.88 Å². The molecule has 112 valence electrons. The summed E-state index contributed by atoms with van der Waals surface area (Å²) in [6.07, 6.45) is 5.64. The molecule has 2 rings (SSSR count). The van der Waals surface area contributed by atoms with Gasteiger partial charge >= 0.3 is 0 Å². The van der Waals surface area contributed by atoms with Gasteiger partial charge in [-0.15, -0.1) is 0 Å². The summed E-state index contributed by atoms with van der Waals surface area (Å²) >= 11 is 0. The summed E-state index contributed by atoms with van der Waals surface area (Å²) in [4.78, 5) is 12.6. The first-order valence-electron chi connectivity index (χ1n) is 8.08. The summed E-state index contributed by atoms with van der Waals surface area (Å²) < 4.78 is 2.05. The van der Waals surface area contributed by atoms with Crippen molar-refractivity contribution in [3.05, 3.63) is 33.2 Å². The van der Waals surface area contributed by atoms with Crippen LogP contribution in [0.5, 0.6) is 0 Å². The van der Waals surface area contributed by atoms with Gasteiger partial charge in [-0.1, -0.05) is 27.2 Å². The van der Waals surface area contributed by atoms with Crippen LogP contribution >= 0.6 is 0 Å². The summed E-state index contributed by atoms with van der Waals surface area (Å²) in [7, 11) is 0. The normalized spacial score (nSPS) is 14.0. The van der Waals surface area contributed by atoms with Crippen LogP contribution in [0.15, 0.2) is 10.9 Å². The van der Waals surface area contributed by atoms with E-state index in [1.807, 2.05) is 0 Å². The van der Waals surface area contributed by atoms with Crippen molar-refractivity contribution in [3.63, 3.8) is 0 Å². The average Bonchev–Trinajstić information content (AvgIpc) is 2.86. The summed E-state index contributed by atoms with van der Waals surface area (Å²) in [5.74, 6) is 0.617. The number of pyridine rings is 1. The predicted molar refractivity (Wildman–Crippen MR) is 84.2 cm³/mol. The molecule has 1 aromatic heterocycles. The van der Waals surface area contributed by atoms with Crippen LogP contribution in [0.1, 0.15) is 56.9 Å². The van der Waals surface area contributed by atoms with Crippen LogP contribution in [-0.4, -0.2) is 11.1 Å². The van der Waals surface area contributed by atoms with Gasteiger partial charge in [-0.25, -0.2) is 0 Å². The lowest BCUT2D eigenvalue weighted by Crippen LogP contribution is -2.30. The number of nitrogens with zero attached hydrogens (tertiary/aromatic N) is 1. The Bertz CT molecular complexity index is 502. The van der Waals surface area contributed by atoms with Crippen molar-refractivity contribution in [3.8, 4) is 0 Å². The summed E-state index contributed by atoms with van der Waals surface area (Å²) in [6.45, 7) is 9.11. The largest absolute Gasteiger partial charge is 0.312 e. The summed E-state index contributed by atoms with van der Waals surface area (Å²) in [5.41, 5.74) is 3.89. The molecule has 0 aromatic carbocycles. The number of fused-ring (bicyclic) bond motifs is 1. The molecule has 1 aliphatic carbocycles. The molecule has 0 amide bonds. The molecule has 0 fully saturated rings. The first-order chi connectivity index (χ1) is 9.63. The van der Waals surface area contributed by atoms with Crippen LogP contribution in [0, 0.1) is 5.92 Å². The Balaban J connectivity index is 2.22. The highest BCUT2D eigenvalue weighted by Crippen LogP contribution is 2.21. The zero-order chi connectivity index (χ0) is 14.5. The van der Waals surface area contributed by atoms with E-state index in [2.05, 4.69) is 36.7 Å². The van der Waals surface area contributed by atoms with Crippen molar-refractivity contribution in [1.29, 1.82) is 0 Å². The Morgan fingerprint density at radius 3 is 2.85 bits per heavy atom. The predicted octanol–water partition coefficient (Wildman–Crippen LogP) is 2.88. The van der Waals surface area contributed by atoms with Crippen LogP contribution in [0.4, 0.5) is 0 Å². The van der Waals surface area contributed by atoms with Gasteiger partial charge in [0, 0.05) is 24.3 Å². The van der Waals surface area contributed by atoms with Crippen molar-refractivity contribution in [2.75, 3.05) is 6.54 Å². The molecule has 0 bridgehead atoms. The van der Waals surface area contributed by atoms with Crippen LogP contribution in [0.3, 0.4) is 0 Å². The number of aromatic nitrogens is 1. The fourth-order valence-corrected chi connectivity index (χ4v) is 2.96. The van der Waals surface area contributed by atoms with Gasteiger partial charge in [0.15, 0.2) is 0 Å². The number of hydrogen-bond acceptors (Lipinski definition) is 2. The van der Waals surface area contributed by atoms with Gasteiger partial charge in [0.1, 0.15) is 0 Å². The molecule has 1 heterocycles. The summed E-state index contributed by atoms with van der Waals surface area (Å²) in [5, 5.41) is 3.40. The maximum Gasteiger partial charge on any atom is 0.255 e. The van der Waals surface area contributed by atoms with E-state index < -0.39 is 0 Å². The van der Waals surface area contributed by atoms with Gasteiger partial charge in [0.05, 0.1) is 0 Å². The highest BCUT2D eigenvalue weighted by Gasteiger charge is 2.18. The molecule has 0 aliphatic heterocycles. The lowest BCUT2D eigenvalue weighted by atomic mass is 10.1. The Hall–Kier alpha value is -1.09. The van der Waals surface area contributed by atoms with Crippen LogP contribution in [0.2, 0.25) is 0 Å². The van der Waals surface area contributed by atoms with E-state index in [1.54, 1.807) is 0 Å². The van der Waals surface area contributed by atoms with Crippen molar-refractivity contribution < 1.29 is 0 Å². The van der Waals surface area contributed by atoms with Gasteiger partial charge in [-0.3, -0.25) is 4.79 Å². The molecule has 3 nitrogen and oxygen atoms in total. The minimum Gasteiger partial charge on any atom is -0.312 e. The molecular weight excluding hydrogens is 248 g/mol. The van der Waals surface area contributed by atoms with Crippen molar-refractivity contribution in [1.82, 2.24) is 9.88 Å². The maximum absolute atomic E-state index is 12.6. The second kappa shape index (κ2) is 7.07. The Morgan fingerprint density at radius 1 is 1.35 bits per heavy atom. The lowest BCUT2D eigenvalue weighted by molar-refractivity contribution is 0.541. The zero-order valence-corrected chi connectivity index (χ0v) is 13.2. The number of rotatable bonds is 7. The molecule has 1 N–H and O–H groups in total. The smallest absolute Gasteiger partial charge is 0.255 e. The monoisotopic (exact) mass is 276 g/mol. The molecule has 20 heavy (non-hydrogen) atoms. The van der Waals surface area contributed by atoms with E-state index in [1.165, 1.54) is 17.7 Å². The second-order valence-electron chi connectivity index (χ2n) is 6.33. The van der Waals surface area contributed by atoms with Crippen molar-refractivity contribution in [2.45, 2.75) is 66.0 Å². The van der Waals surface area contributed by atoms with E-state index in [9.17, 15) is 4.79 Å². The number of hydrogen-bond donors (Lipinski definition) is 1. The topological polar surface area (TPSA) is 34.0 Å². The minimum absolute atomic E-state index is 0.232. The van der Waals surface area contributed by atoms with Crippen LogP contribution < -0.4 is 10.9 Å². The van der Waals surface area contributed by atoms with Gasteiger partial charge in [0.2, 0.25) is 0 Å². The third kappa shape index (κ3) is 3.51. The maximum atomic E-state index is 12.6. The Kier molecular flexibility index (Phi) is 5.41. The fourth-order valence-electron chi connectivity index (χ4n) is 2.96. The molecule has 1 aliphatic rings. The molecule has 0 radical (unpaired) electrons. The number of nitrogens with one attached hydrogen (secondary N) is 1. The molecule has 0 saturated carbocycles. The molecule has 0 saturated heterocycles. The van der Waals surface area contributed by atoms with Crippen LogP contribution in [-0.2, 0) is 25.9 Å². The third-order valence-corrected chi connectivity index (χ3v) is 4.03. The first-order valence-corrected chi connectivity index (χ1v) is 8.08. The molecule has 0 spiro atoms. The van der Waals surface area contributed by atoms with Crippen LogP contribution in [0.25, 0.3) is 0 Å². The molecular formula is C17H28N2O. The fraction of sp³-hybridized carbons (Fsp3) is 0.706. The number of unbranched alkanes of at least 4 members (excludes halogenated alkanes) is 1. The first kappa shape index (κ1) is 15.3. The highest BCUT2D eigenvalue weighted by atomic mass is 16.1. The van der Waals surface area contributed by atoms with E-state index >= 15 is 0 Å². The quantitative estimate of drug-likeness (QED) is 0.831. The molecule has 1 aromatic rings. The number of aryl methyl sites for hydroxylation is 1. The van der Waals surface area contributed by atoms with Gasteiger partial charge in [-0.05, 0) is 49.8 Å². The van der Waals surface area contributed by atoms with Gasteiger partial charge in [-0.2, -0.15) is 0 Å². The van der Waals surface area contributed by atoms with Crippen molar-refractivity contribution in [2.24, 2.45) is 5.92 Å². The molecule has 0 atom stereocenters. The SMILES string of the molecule is CCCCn1c2c(cc(CNCC(C)C)c1=O)CCC2. The average molecular weight is 276 g/mol. The Morgan fingerprint density at radius 2 is 2.15 bits per heavy atom. The lowest BCUT2D eigenvalue weighted by Gasteiger charge is -2.15. The van der Waals surface area contributed by atoms with Crippen molar-refractivity contribution >= 4 is 0 Å². The van der Waals surface area contributed by atoms with Gasteiger partial charge in [0.25, 0.3) is 5.56 Å². The van der Waals surface area contributed by atoms with E-state index in [0.29, 0.717) is 12.5 Å². The molecule has 0 unspecified atom stereocenters.